The summed E-state index contributed by atoms with van der Waals surface area (Å²) >= 11 is 0. The Labute approximate surface area is 95.8 Å². The van der Waals surface area contributed by atoms with Crippen molar-refractivity contribution in [3.63, 3.8) is 0 Å². The molecular weight excluding hydrogens is 207 g/mol. The molecule has 0 aliphatic carbocycles. The van der Waals surface area contributed by atoms with E-state index in [1.54, 1.807) is 12.1 Å². The van der Waals surface area contributed by atoms with Gasteiger partial charge in [0.2, 0.25) is 0 Å². The van der Waals surface area contributed by atoms with E-state index in [-0.39, 0.29) is 5.82 Å². The van der Waals surface area contributed by atoms with Gasteiger partial charge in [0.05, 0.1) is 12.3 Å². The molecule has 1 aromatic rings. The average Bonchev–Trinajstić information content (AvgIpc) is 2.20. The number of nitrogens with two attached hydrogens (primary N) is 1. The quantitative estimate of drug-likeness (QED) is 0.578. The van der Waals surface area contributed by atoms with Crippen LogP contribution < -0.4 is 11.1 Å². The zero-order chi connectivity index (χ0) is 12.0. The number of hydrogen-bond donors (Lipinski definition) is 2. The van der Waals surface area contributed by atoms with Gasteiger partial charge in [0, 0.05) is 18.8 Å². The van der Waals surface area contributed by atoms with E-state index in [0.717, 1.165) is 6.61 Å². The predicted molar refractivity (Wildman–Crippen MR) is 65.0 cm³/mol. The van der Waals surface area contributed by atoms with Gasteiger partial charge in [-0.1, -0.05) is 13.8 Å². The van der Waals surface area contributed by atoms with Gasteiger partial charge in [-0.2, -0.15) is 0 Å². The average molecular weight is 226 g/mol. The largest absolute Gasteiger partial charge is 0.399 e. The number of hydrogen-bond acceptors (Lipinski definition) is 3. The molecule has 0 fully saturated rings. The van der Waals surface area contributed by atoms with Crippen molar-refractivity contribution in [2.24, 2.45) is 5.92 Å². The Hall–Kier alpha value is -1.29. The molecule has 0 bridgehead atoms. The van der Waals surface area contributed by atoms with Gasteiger partial charge in [-0.05, 0) is 24.1 Å². The number of nitrogens with one attached hydrogen (secondary N) is 1. The van der Waals surface area contributed by atoms with Crippen LogP contribution in [0.4, 0.5) is 15.8 Å². The topological polar surface area (TPSA) is 47.3 Å². The highest BCUT2D eigenvalue weighted by molar-refractivity contribution is 5.52. The van der Waals surface area contributed by atoms with Crippen LogP contribution in [0.2, 0.25) is 0 Å². The summed E-state index contributed by atoms with van der Waals surface area (Å²) in [6, 6.07) is 4.60. The van der Waals surface area contributed by atoms with Crippen LogP contribution in [-0.4, -0.2) is 19.8 Å². The molecule has 4 heteroatoms. The molecule has 1 aromatic carbocycles. The number of nitrogen functional groups attached to an aromatic ring is 1. The molecule has 0 aromatic heterocycles. The fourth-order valence-corrected chi connectivity index (χ4v) is 1.25. The number of anilines is 2. The highest BCUT2D eigenvalue weighted by Crippen LogP contribution is 2.16. The van der Waals surface area contributed by atoms with Crippen molar-refractivity contribution in [1.82, 2.24) is 0 Å². The van der Waals surface area contributed by atoms with E-state index < -0.39 is 0 Å². The second kappa shape index (κ2) is 6.33. The lowest BCUT2D eigenvalue weighted by Gasteiger charge is -2.09. The Balaban J connectivity index is 2.27. The normalized spacial score (nSPS) is 10.8. The van der Waals surface area contributed by atoms with Crippen LogP contribution in [0, 0.1) is 11.7 Å². The lowest BCUT2D eigenvalue weighted by atomic mass is 10.2. The van der Waals surface area contributed by atoms with Crippen molar-refractivity contribution < 1.29 is 9.13 Å². The van der Waals surface area contributed by atoms with Gasteiger partial charge in [0.25, 0.3) is 0 Å². The first-order valence-electron chi connectivity index (χ1n) is 5.46. The molecule has 0 radical (unpaired) electrons. The Bertz CT molecular complexity index is 329. The molecule has 16 heavy (non-hydrogen) atoms. The third kappa shape index (κ3) is 4.49. The summed E-state index contributed by atoms with van der Waals surface area (Å²) in [5.41, 5.74) is 6.33. The number of halogens is 1. The first-order valence-corrected chi connectivity index (χ1v) is 5.46. The van der Waals surface area contributed by atoms with E-state index in [1.807, 2.05) is 0 Å². The van der Waals surface area contributed by atoms with Crippen LogP contribution >= 0.6 is 0 Å². The molecule has 0 aliphatic heterocycles. The fourth-order valence-electron chi connectivity index (χ4n) is 1.25. The van der Waals surface area contributed by atoms with Gasteiger partial charge in [-0.3, -0.25) is 0 Å². The van der Waals surface area contributed by atoms with Crippen molar-refractivity contribution in [2.45, 2.75) is 13.8 Å². The van der Waals surface area contributed by atoms with E-state index in [1.165, 1.54) is 6.07 Å². The lowest BCUT2D eigenvalue weighted by molar-refractivity contribution is 0.118. The monoisotopic (exact) mass is 226 g/mol. The van der Waals surface area contributed by atoms with Crippen LogP contribution in [0.5, 0.6) is 0 Å². The van der Waals surface area contributed by atoms with E-state index in [2.05, 4.69) is 19.2 Å². The third-order valence-electron chi connectivity index (χ3n) is 2.01. The predicted octanol–water partition coefficient (Wildman–Crippen LogP) is 2.49. The fraction of sp³-hybridized carbons (Fsp3) is 0.500. The van der Waals surface area contributed by atoms with E-state index >= 15 is 0 Å². The zero-order valence-corrected chi connectivity index (χ0v) is 9.79. The van der Waals surface area contributed by atoms with Gasteiger partial charge in [0.15, 0.2) is 0 Å². The molecule has 0 atom stereocenters. The molecule has 0 aliphatic rings. The molecule has 0 heterocycles. The van der Waals surface area contributed by atoms with Crippen molar-refractivity contribution in [1.29, 1.82) is 0 Å². The summed E-state index contributed by atoms with van der Waals surface area (Å²) in [5, 5.41) is 2.96. The maximum atomic E-state index is 13.3. The zero-order valence-electron chi connectivity index (χ0n) is 9.79. The maximum absolute atomic E-state index is 13.3. The Kier molecular flexibility index (Phi) is 5.05. The second-order valence-electron chi connectivity index (χ2n) is 4.13. The summed E-state index contributed by atoms with van der Waals surface area (Å²) in [6.45, 7) is 6.07. The van der Waals surface area contributed by atoms with Gasteiger partial charge < -0.3 is 15.8 Å². The van der Waals surface area contributed by atoms with E-state index in [9.17, 15) is 4.39 Å². The molecule has 0 saturated heterocycles. The van der Waals surface area contributed by atoms with Crippen molar-refractivity contribution in [3.8, 4) is 0 Å². The standard InChI is InChI=1S/C12H19FN2O/c1-9(2)8-16-6-5-15-12-4-3-10(14)7-11(12)13/h3-4,7,9,15H,5-6,8,14H2,1-2H3. The van der Waals surface area contributed by atoms with Gasteiger partial charge >= 0.3 is 0 Å². The highest BCUT2D eigenvalue weighted by atomic mass is 19.1. The highest BCUT2D eigenvalue weighted by Gasteiger charge is 2.01. The summed E-state index contributed by atoms with van der Waals surface area (Å²) in [4.78, 5) is 0. The van der Waals surface area contributed by atoms with E-state index in [0.29, 0.717) is 30.4 Å². The van der Waals surface area contributed by atoms with Gasteiger partial charge in [0.1, 0.15) is 5.82 Å². The first kappa shape index (κ1) is 12.8. The van der Waals surface area contributed by atoms with Crippen molar-refractivity contribution in [2.75, 3.05) is 30.8 Å². The third-order valence-corrected chi connectivity index (χ3v) is 2.01. The first-order chi connectivity index (χ1) is 7.59. The van der Waals surface area contributed by atoms with Crippen molar-refractivity contribution in [3.05, 3.63) is 24.0 Å². The van der Waals surface area contributed by atoms with Crippen molar-refractivity contribution >= 4 is 11.4 Å². The lowest BCUT2D eigenvalue weighted by Crippen LogP contribution is -2.12. The number of ether oxygens (including phenoxy) is 1. The van der Waals surface area contributed by atoms with Crippen LogP contribution in [0.3, 0.4) is 0 Å². The second-order valence-corrected chi connectivity index (χ2v) is 4.13. The molecule has 3 N–H and O–H groups in total. The molecule has 0 amide bonds. The Morgan fingerprint density at radius 2 is 2.19 bits per heavy atom. The van der Waals surface area contributed by atoms with Gasteiger partial charge in [-0.15, -0.1) is 0 Å². The van der Waals surface area contributed by atoms with Crippen LogP contribution in [0.25, 0.3) is 0 Å². The summed E-state index contributed by atoms with van der Waals surface area (Å²) in [7, 11) is 0. The molecule has 90 valence electrons. The van der Waals surface area contributed by atoms with Crippen LogP contribution in [0.15, 0.2) is 18.2 Å². The molecule has 0 spiro atoms. The SMILES string of the molecule is CC(C)COCCNc1ccc(N)cc1F. The van der Waals surface area contributed by atoms with E-state index in [4.69, 9.17) is 10.5 Å². The van der Waals surface area contributed by atoms with Crippen LogP contribution in [0.1, 0.15) is 13.8 Å². The minimum Gasteiger partial charge on any atom is -0.399 e. The number of rotatable bonds is 6. The molecule has 0 saturated carbocycles. The number of benzene rings is 1. The smallest absolute Gasteiger partial charge is 0.148 e. The summed E-state index contributed by atoms with van der Waals surface area (Å²) in [5.74, 6) is 0.192. The molecule has 1 rings (SSSR count). The maximum Gasteiger partial charge on any atom is 0.148 e. The minimum atomic E-state index is -0.330. The molecule has 3 nitrogen and oxygen atoms in total. The van der Waals surface area contributed by atoms with Crippen LogP contribution in [-0.2, 0) is 4.74 Å². The molecule has 0 unspecified atom stereocenters. The Morgan fingerprint density at radius 3 is 2.81 bits per heavy atom. The Morgan fingerprint density at radius 1 is 1.44 bits per heavy atom. The summed E-state index contributed by atoms with van der Waals surface area (Å²) in [6.07, 6.45) is 0. The van der Waals surface area contributed by atoms with Gasteiger partial charge in [-0.25, -0.2) is 4.39 Å². The molecular formula is C12H19FN2O. The minimum absolute atomic E-state index is 0.330. The summed E-state index contributed by atoms with van der Waals surface area (Å²) < 4.78 is 18.7.